The lowest BCUT2D eigenvalue weighted by Crippen LogP contribution is -2.60. The van der Waals surface area contributed by atoms with E-state index in [0.29, 0.717) is 0 Å². The molecule has 2 fully saturated rings. The van der Waals surface area contributed by atoms with Crippen molar-refractivity contribution >= 4 is 5.78 Å². The molecule has 13 nitrogen and oxygen atoms in total. The molecule has 0 unspecified atom stereocenters. The molecule has 2 aliphatic heterocycles. The van der Waals surface area contributed by atoms with Crippen LogP contribution < -0.4 is 9.47 Å². The molecule has 0 aliphatic carbocycles. The van der Waals surface area contributed by atoms with Crippen LogP contribution in [0.15, 0.2) is 12.1 Å². The standard InChI is InChI=1S/C20H28O13/c1-8(22)13-10(23)3-9(4-11(13)29-2)32-18-16(26)15(25)14(24)12(33-18)5-30-19-17(27)20(28,6-21)7-31-19/h3-4,12,14-19,21,23-28H,5-7H2,1-2H3/t12-,14-,15+,16-,17+,18-,19-,20+/m1/s1. The summed E-state index contributed by atoms with van der Waals surface area (Å²) in [4.78, 5) is 11.7. The van der Waals surface area contributed by atoms with Crippen LogP contribution in [0.2, 0.25) is 0 Å². The largest absolute Gasteiger partial charge is 0.507 e. The van der Waals surface area contributed by atoms with E-state index < -0.39 is 80.1 Å². The van der Waals surface area contributed by atoms with Crippen molar-refractivity contribution in [2.75, 3.05) is 26.9 Å². The van der Waals surface area contributed by atoms with E-state index in [-0.39, 0.29) is 17.1 Å². The minimum absolute atomic E-state index is 0.00649. The van der Waals surface area contributed by atoms with Crippen molar-refractivity contribution in [1.82, 2.24) is 0 Å². The molecule has 0 aromatic heterocycles. The summed E-state index contributed by atoms with van der Waals surface area (Å²) in [6.45, 7) is -0.374. The van der Waals surface area contributed by atoms with Crippen LogP contribution in [-0.4, -0.2) is 117 Å². The molecule has 2 heterocycles. The second-order valence-corrected chi connectivity index (χ2v) is 7.93. The van der Waals surface area contributed by atoms with Gasteiger partial charge in [0.1, 0.15) is 58.9 Å². The number of rotatable bonds is 8. The van der Waals surface area contributed by atoms with E-state index in [2.05, 4.69) is 0 Å². The Hall–Kier alpha value is -2.07. The average molecular weight is 476 g/mol. The first kappa shape index (κ1) is 25.6. The number of ether oxygens (including phenoxy) is 5. The van der Waals surface area contributed by atoms with Crippen LogP contribution in [0.5, 0.6) is 17.2 Å². The number of aromatic hydroxyl groups is 1. The maximum atomic E-state index is 11.7. The van der Waals surface area contributed by atoms with E-state index in [9.17, 15) is 40.5 Å². The molecule has 13 heteroatoms. The number of phenolic OH excluding ortho intramolecular Hbond substituents is 1. The number of aliphatic hydroxyl groups excluding tert-OH is 5. The van der Waals surface area contributed by atoms with Gasteiger partial charge >= 0.3 is 0 Å². The predicted molar refractivity (Wildman–Crippen MR) is 106 cm³/mol. The Morgan fingerprint density at radius 1 is 1.15 bits per heavy atom. The van der Waals surface area contributed by atoms with Crippen LogP contribution in [0, 0.1) is 0 Å². The molecule has 0 amide bonds. The number of carbonyl (C=O) groups excluding carboxylic acids is 1. The first-order valence-electron chi connectivity index (χ1n) is 10.0. The van der Waals surface area contributed by atoms with E-state index in [4.69, 9.17) is 23.7 Å². The summed E-state index contributed by atoms with van der Waals surface area (Å²) in [7, 11) is 1.28. The third kappa shape index (κ3) is 5.06. The maximum absolute atomic E-state index is 11.7. The van der Waals surface area contributed by atoms with Crippen molar-refractivity contribution in [3.05, 3.63) is 17.7 Å². The van der Waals surface area contributed by atoms with Crippen molar-refractivity contribution < 1.29 is 64.2 Å². The first-order valence-corrected chi connectivity index (χ1v) is 10.0. The average Bonchev–Trinajstić information content (AvgIpc) is 3.06. The lowest BCUT2D eigenvalue weighted by molar-refractivity contribution is -0.289. The molecule has 0 spiro atoms. The third-order valence-electron chi connectivity index (χ3n) is 5.55. The molecule has 7 N–H and O–H groups in total. The van der Waals surface area contributed by atoms with E-state index >= 15 is 0 Å². The maximum Gasteiger partial charge on any atom is 0.229 e. The summed E-state index contributed by atoms with van der Waals surface area (Å²) < 4.78 is 26.5. The Bertz CT molecular complexity index is 847. The Kier molecular flexibility index (Phi) is 7.78. The molecule has 8 atom stereocenters. The summed E-state index contributed by atoms with van der Waals surface area (Å²) in [6, 6.07) is 2.37. The zero-order chi connectivity index (χ0) is 24.5. The Labute approximate surface area is 188 Å². The number of carbonyl (C=O) groups is 1. The van der Waals surface area contributed by atoms with Crippen LogP contribution >= 0.6 is 0 Å². The summed E-state index contributed by atoms with van der Waals surface area (Å²) >= 11 is 0. The van der Waals surface area contributed by atoms with Gasteiger partial charge in [-0.1, -0.05) is 0 Å². The molecule has 0 radical (unpaired) electrons. The zero-order valence-corrected chi connectivity index (χ0v) is 17.9. The fourth-order valence-electron chi connectivity index (χ4n) is 3.57. The second kappa shape index (κ2) is 10.0. The summed E-state index contributed by atoms with van der Waals surface area (Å²) in [5, 5.41) is 70.1. The van der Waals surface area contributed by atoms with Gasteiger partial charge in [0.05, 0.1) is 26.9 Å². The molecule has 2 aliphatic rings. The van der Waals surface area contributed by atoms with Crippen LogP contribution in [0.25, 0.3) is 0 Å². The fraction of sp³-hybridized carbons (Fsp3) is 0.650. The highest BCUT2D eigenvalue weighted by Crippen LogP contribution is 2.35. The molecule has 3 rings (SSSR count). The number of Topliss-reactive ketones (excluding diaryl/α,β-unsaturated/α-hetero) is 1. The van der Waals surface area contributed by atoms with Crippen molar-refractivity contribution in [1.29, 1.82) is 0 Å². The number of benzene rings is 1. The summed E-state index contributed by atoms with van der Waals surface area (Å²) in [6.07, 6.45) is -10.8. The van der Waals surface area contributed by atoms with E-state index in [1.165, 1.54) is 20.1 Å². The first-order chi connectivity index (χ1) is 15.5. The Morgan fingerprint density at radius 3 is 2.42 bits per heavy atom. The van der Waals surface area contributed by atoms with Gasteiger partial charge in [-0.2, -0.15) is 0 Å². The van der Waals surface area contributed by atoms with Crippen LogP contribution in [0.4, 0.5) is 0 Å². The van der Waals surface area contributed by atoms with Crippen molar-refractivity contribution in [2.45, 2.75) is 55.6 Å². The topological polar surface area (TPSA) is 205 Å². The van der Waals surface area contributed by atoms with Crippen LogP contribution in [0.1, 0.15) is 17.3 Å². The number of hydrogen-bond acceptors (Lipinski definition) is 13. The van der Waals surface area contributed by atoms with Crippen LogP contribution in [-0.2, 0) is 14.2 Å². The van der Waals surface area contributed by atoms with Gasteiger partial charge in [0, 0.05) is 12.1 Å². The summed E-state index contributed by atoms with van der Waals surface area (Å²) in [5.41, 5.74) is -1.99. The normalized spacial score (nSPS) is 36.5. The highest BCUT2D eigenvalue weighted by molar-refractivity contribution is 5.99. The van der Waals surface area contributed by atoms with Gasteiger partial charge < -0.3 is 59.4 Å². The number of ketones is 1. The third-order valence-corrected chi connectivity index (χ3v) is 5.55. The van der Waals surface area contributed by atoms with Gasteiger partial charge in [0.25, 0.3) is 0 Å². The van der Waals surface area contributed by atoms with Crippen molar-refractivity contribution in [2.24, 2.45) is 0 Å². The number of phenols is 1. The van der Waals surface area contributed by atoms with Gasteiger partial charge in [-0.25, -0.2) is 0 Å². The highest BCUT2D eigenvalue weighted by atomic mass is 16.7. The zero-order valence-electron chi connectivity index (χ0n) is 17.9. The lowest BCUT2D eigenvalue weighted by atomic mass is 9.99. The molecule has 2 saturated heterocycles. The lowest BCUT2D eigenvalue weighted by Gasteiger charge is -2.40. The second-order valence-electron chi connectivity index (χ2n) is 7.93. The molecular formula is C20H28O13. The molecule has 1 aromatic rings. The monoisotopic (exact) mass is 476 g/mol. The van der Waals surface area contributed by atoms with Gasteiger partial charge in [-0.05, 0) is 6.92 Å². The number of methoxy groups -OCH3 is 1. The minimum atomic E-state index is -1.91. The SMILES string of the molecule is COc1cc(O[C@@H]2O[C@H](CO[C@@H]3OC[C@@](O)(CO)[C@H]3O)[C@@H](O)[C@H](O)[C@H]2O)cc(O)c1C(C)=O. The highest BCUT2D eigenvalue weighted by Gasteiger charge is 2.50. The number of hydrogen-bond donors (Lipinski definition) is 7. The summed E-state index contributed by atoms with van der Waals surface area (Å²) in [5.74, 6) is -0.951. The smallest absolute Gasteiger partial charge is 0.229 e. The van der Waals surface area contributed by atoms with Crippen LogP contribution in [0.3, 0.4) is 0 Å². The molecule has 33 heavy (non-hydrogen) atoms. The molecule has 186 valence electrons. The van der Waals surface area contributed by atoms with Gasteiger partial charge in [0.2, 0.25) is 6.29 Å². The Morgan fingerprint density at radius 2 is 1.85 bits per heavy atom. The molecule has 0 bridgehead atoms. The minimum Gasteiger partial charge on any atom is -0.507 e. The van der Waals surface area contributed by atoms with E-state index in [1.54, 1.807) is 0 Å². The van der Waals surface area contributed by atoms with E-state index in [0.717, 1.165) is 6.07 Å². The van der Waals surface area contributed by atoms with Gasteiger partial charge in [-0.15, -0.1) is 0 Å². The quantitative estimate of drug-likeness (QED) is 0.190. The molecule has 0 saturated carbocycles. The molecule has 1 aromatic carbocycles. The predicted octanol–water partition coefficient (Wildman–Crippen LogP) is -2.75. The fourth-order valence-corrected chi connectivity index (χ4v) is 3.57. The van der Waals surface area contributed by atoms with E-state index in [1.807, 2.05) is 0 Å². The Balaban J connectivity index is 1.71. The van der Waals surface area contributed by atoms with Gasteiger partial charge in [0.15, 0.2) is 12.1 Å². The van der Waals surface area contributed by atoms with Crippen molar-refractivity contribution in [3.8, 4) is 17.2 Å². The number of aliphatic hydroxyl groups is 6. The van der Waals surface area contributed by atoms with Gasteiger partial charge in [-0.3, -0.25) is 4.79 Å². The van der Waals surface area contributed by atoms with Crippen molar-refractivity contribution in [3.63, 3.8) is 0 Å². The molecular weight excluding hydrogens is 448 g/mol.